The average Bonchev–Trinajstić information content (AvgIpc) is 2.04. The summed E-state index contributed by atoms with van der Waals surface area (Å²) >= 11 is 0. The molecular weight excluding hydrogens is 166 g/mol. The van der Waals surface area contributed by atoms with Crippen molar-refractivity contribution in [2.75, 3.05) is 5.32 Å². The maximum absolute atomic E-state index is 11.3. The lowest BCUT2D eigenvalue weighted by atomic mass is 10.2. The molecule has 0 aliphatic rings. The van der Waals surface area contributed by atoms with Gasteiger partial charge in [-0.2, -0.15) is 0 Å². The molecule has 1 heterocycles. The van der Waals surface area contributed by atoms with Crippen LogP contribution in [0.4, 0.5) is 5.82 Å². The Balaban J connectivity index is 2.69. The Hall–Kier alpha value is -1.45. The number of nitrogens with zero attached hydrogens (tertiary/aromatic N) is 2. The minimum absolute atomic E-state index is 0.0295. The molecule has 1 amide bonds. The van der Waals surface area contributed by atoms with Gasteiger partial charge in [0.15, 0.2) is 0 Å². The number of amides is 1. The van der Waals surface area contributed by atoms with Gasteiger partial charge < -0.3 is 5.32 Å². The van der Waals surface area contributed by atoms with Gasteiger partial charge in [0.25, 0.3) is 0 Å². The number of carbonyl (C=O) groups is 1. The van der Waals surface area contributed by atoms with Gasteiger partial charge in [0.2, 0.25) is 5.91 Å². The molecule has 0 aliphatic heterocycles. The second-order valence-electron chi connectivity index (χ2n) is 3.13. The Kier molecular flexibility index (Phi) is 2.95. The highest BCUT2D eigenvalue weighted by Gasteiger charge is 2.07. The molecule has 0 spiro atoms. The van der Waals surface area contributed by atoms with E-state index in [9.17, 15) is 4.79 Å². The summed E-state index contributed by atoms with van der Waals surface area (Å²) in [7, 11) is 0. The van der Waals surface area contributed by atoms with E-state index in [0.717, 1.165) is 0 Å². The van der Waals surface area contributed by atoms with Gasteiger partial charge in [0.1, 0.15) is 11.6 Å². The first kappa shape index (κ1) is 9.64. The number of aryl methyl sites for hydroxylation is 1. The monoisotopic (exact) mass is 179 g/mol. The summed E-state index contributed by atoms with van der Waals surface area (Å²) < 4.78 is 0. The van der Waals surface area contributed by atoms with E-state index in [1.807, 2.05) is 13.8 Å². The van der Waals surface area contributed by atoms with Gasteiger partial charge in [-0.1, -0.05) is 13.8 Å². The van der Waals surface area contributed by atoms with E-state index >= 15 is 0 Å². The van der Waals surface area contributed by atoms with Crippen LogP contribution in [0.1, 0.15) is 19.7 Å². The van der Waals surface area contributed by atoms with E-state index in [4.69, 9.17) is 0 Å². The molecule has 0 saturated heterocycles. The van der Waals surface area contributed by atoms with Crippen LogP contribution in [0, 0.1) is 12.8 Å². The Morgan fingerprint density at radius 3 is 2.77 bits per heavy atom. The van der Waals surface area contributed by atoms with E-state index in [1.165, 1.54) is 0 Å². The molecule has 0 saturated carbocycles. The molecule has 4 nitrogen and oxygen atoms in total. The summed E-state index contributed by atoms with van der Waals surface area (Å²) in [5, 5.41) is 2.69. The second-order valence-corrected chi connectivity index (χ2v) is 3.13. The molecule has 0 radical (unpaired) electrons. The second kappa shape index (κ2) is 3.98. The van der Waals surface area contributed by atoms with Gasteiger partial charge in [0, 0.05) is 12.1 Å². The fraction of sp³-hybridized carbons (Fsp3) is 0.444. The highest BCUT2D eigenvalue weighted by atomic mass is 16.1. The van der Waals surface area contributed by atoms with Crippen molar-refractivity contribution in [3.8, 4) is 0 Å². The zero-order valence-corrected chi connectivity index (χ0v) is 8.03. The van der Waals surface area contributed by atoms with Crippen LogP contribution in [0.5, 0.6) is 0 Å². The first-order valence-corrected chi connectivity index (χ1v) is 4.20. The molecule has 70 valence electrons. The Morgan fingerprint density at radius 1 is 1.54 bits per heavy atom. The lowest BCUT2D eigenvalue weighted by Crippen LogP contribution is -2.18. The van der Waals surface area contributed by atoms with Crippen molar-refractivity contribution in [1.29, 1.82) is 0 Å². The lowest BCUT2D eigenvalue weighted by molar-refractivity contribution is -0.118. The number of nitrogens with one attached hydrogen (secondary N) is 1. The van der Waals surface area contributed by atoms with Crippen LogP contribution < -0.4 is 5.32 Å². The molecule has 0 unspecified atom stereocenters. The zero-order valence-electron chi connectivity index (χ0n) is 8.03. The third-order valence-corrected chi connectivity index (χ3v) is 1.55. The predicted molar refractivity (Wildman–Crippen MR) is 50.2 cm³/mol. The number of aromatic nitrogens is 2. The third kappa shape index (κ3) is 2.82. The predicted octanol–water partition coefficient (Wildman–Crippen LogP) is 1.38. The molecule has 1 N–H and O–H groups in total. The summed E-state index contributed by atoms with van der Waals surface area (Å²) in [6, 6.07) is 1.67. The third-order valence-electron chi connectivity index (χ3n) is 1.55. The number of anilines is 1. The smallest absolute Gasteiger partial charge is 0.228 e. The highest BCUT2D eigenvalue weighted by Crippen LogP contribution is 2.03. The van der Waals surface area contributed by atoms with Crippen molar-refractivity contribution in [1.82, 2.24) is 9.97 Å². The molecule has 0 bridgehead atoms. The van der Waals surface area contributed by atoms with Gasteiger partial charge in [-0.25, -0.2) is 9.97 Å². The van der Waals surface area contributed by atoms with Crippen molar-refractivity contribution < 1.29 is 4.79 Å². The first-order valence-electron chi connectivity index (χ1n) is 4.20. The maximum Gasteiger partial charge on any atom is 0.228 e. The van der Waals surface area contributed by atoms with Gasteiger partial charge in [-0.15, -0.1) is 0 Å². The molecule has 13 heavy (non-hydrogen) atoms. The molecule has 0 atom stereocenters. The summed E-state index contributed by atoms with van der Waals surface area (Å²) in [6.45, 7) is 5.46. The first-order chi connectivity index (χ1) is 6.09. The molecule has 1 aromatic rings. The van der Waals surface area contributed by atoms with Crippen LogP contribution in [0.3, 0.4) is 0 Å². The SMILES string of the molecule is Cc1nccc(NC(=O)C(C)C)n1. The standard InChI is InChI=1S/C9H13N3O/c1-6(2)9(13)12-8-4-5-10-7(3)11-8/h4-6H,1-3H3,(H,10,11,12,13). The van der Waals surface area contributed by atoms with Crippen LogP contribution >= 0.6 is 0 Å². The molecule has 0 fully saturated rings. The van der Waals surface area contributed by atoms with Gasteiger partial charge >= 0.3 is 0 Å². The van der Waals surface area contributed by atoms with Crippen LogP contribution in [-0.4, -0.2) is 15.9 Å². The maximum atomic E-state index is 11.3. The molecule has 4 heteroatoms. The topological polar surface area (TPSA) is 54.9 Å². The lowest BCUT2D eigenvalue weighted by Gasteiger charge is -2.06. The molecule has 0 aliphatic carbocycles. The molecule has 1 rings (SSSR count). The van der Waals surface area contributed by atoms with E-state index in [2.05, 4.69) is 15.3 Å². The quantitative estimate of drug-likeness (QED) is 0.746. The van der Waals surface area contributed by atoms with Gasteiger partial charge in [-0.3, -0.25) is 4.79 Å². The van der Waals surface area contributed by atoms with E-state index < -0.39 is 0 Å². The van der Waals surface area contributed by atoms with Crippen molar-refractivity contribution in [3.05, 3.63) is 18.1 Å². The minimum atomic E-state index is -0.0322. The summed E-state index contributed by atoms with van der Waals surface area (Å²) in [6.07, 6.45) is 1.62. The number of hydrogen-bond acceptors (Lipinski definition) is 3. The fourth-order valence-electron chi connectivity index (χ4n) is 0.796. The van der Waals surface area contributed by atoms with Crippen molar-refractivity contribution in [3.63, 3.8) is 0 Å². The van der Waals surface area contributed by atoms with Crippen molar-refractivity contribution in [2.45, 2.75) is 20.8 Å². The largest absolute Gasteiger partial charge is 0.310 e. The summed E-state index contributed by atoms with van der Waals surface area (Å²) in [4.78, 5) is 19.2. The van der Waals surface area contributed by atoms with Crippen molar-refractivity contribution >= 4 is 11.7 Å². The van der Waals surface area contributed by atoms with E-state index in [1.54, 1.807) is 19.2 Å². The van der Waals surface area contributed by atoms with Crippen molar-refractivity contribution in [2.24, 2.45) is 5.92 Å². The summed E-state index contributed by atoms with van der Waals surface area (Å²) in [5.41, 5.74) is 0. The minimum Gasteiger partial charge on any atom is -0.310 e. The molecule has 0 aromatic carbocycles. The number of hydrogen-bond donors (Lipinski definition) is 1. The Labute approximate surface area is 77.4 Å². The van der Waals surface area contributed by atoms with Crippen LogP contribution in [-0.2, 0) is 4.79 Å². The number of carbonyl (C=O) groups excluding carboxylic acids is 1. The Morgan fingerprint density at radius 2 is 2.23 bits per heavy atom. The van der Waals surface area contributed by atoms with Crippen LogP contribution in [0.25, 0.3) is 0 Å². The Bertz CT molecular complexity index is 309. The highest BCUT2D eigenvalue weighted by molar-refractivity contribution is 5.91. The number of rotatable bonds is 2. The van der Waals surface area contributed by atoms with Crippen LogP contribution in [0.15, 0.2) is 12.3 Å². The average molecular weight is 179 g/mol. The van der Waals surface area contributed by atoms with E-state index in [0.29, 0.717) is 11.6 Å². The normalized spacial score (nSPS) is 10.2. The molecule has 1 aromatic heterocycles. The zero-order chi connectivity index (χ0) is 9.84. The fourth-order valence-corrected chi connectivity index (χ4v) is 0.796. The van der Waals surface area contributed by atoms with Crippen LogP contribution in [0.2, 0.25) is 0 Å². The molecular formula is C9H13N3O. The van der Waals surface area contributed by atoms with Gasteiger partial charge in [0.05, 0.1) is 0 Å². The van der Waals surface area contributed by atoms with E-state index in [-0.39, 0.29) is 11.8 Å². The summed E-state index contributed by atoms with van der Waals surface area (Å²) in [5.74, 6) is 1.15. The van der Waals surface area contributed by atoms with Gasteiger partial charge in [-0.05, 0) is 13.0 Å².